The maximum absolute atomic E-state index is 4.57. The van der Waals surface area contributed by atoms with Crippen molar-refractivity contribution in [2.45, 2.75) is 0 Å². The van der Waals surface area contributed by atoms with Gasteiger partial charge in [0.15, 0.2) is 0 Å². The third-order valence-corrected chi connectivity index (χ3v) is 4.18. The molecule has 4 rings (SSSR count). The first-order valence-electron chi connectivity index (χ1n) is 6.64. The highest BCUT2D eigenvalue weighted by Gasteiger charge is 2.00. The van der Waals surface area contributed by atoms with Crippen molar-refractivity contribution in [3.8, 4) is 0 Å². The fourth-order valence-electron chi connectivity index (χ4n) is 2.17. The van der Waals surface area contributed by atoms with Crippen LogP contribution < -0.4 is 0 Å². The molecular weight excluding hydrogens is 278 g/mol. The molecule has 0 radical (unpaired) electrons. The maximum Gasteiger partial charge on any atom is 0.117 e. The van der Waals surface area contributed by atoms with E-state index in [0.717, 1.165) is 27.3 Å². The lowest BCUT2D eigenvalue weighted by Crippen LogP contribution is -1.86. The summed E-state index contributed by atoms with van der Waals surface area (Å²) in [6, 6.07) is 16.0. The van der Waals surface area contributed by atoms with Crippen molar-refractivity contribution in [1.82, 2.24) is 15.0 Å². The molecular formula is C17H11N3S. The number of benzene rings is 2. The summed E-state index contributed by atoms with van der Waals surface area (Å²) in [5.41, 5.74) is 3.69. The average molecular weight is 289 g/mol. The van der Waals surface area contributed by atoms with Crippen LogP contribution in [0.15, 0.2) is 54.7 Å². The first kappa shape index (κ1) is 12.2. The zero-order chi connectivity index (χ0) is 14.1. The fourth-order valence-corrected chi connectivity index (χ4v) is 3.04. The monoisotopic (exact) mass is 289 g/mol. The second-order valence-corrected chi connectivity index (χ2v) is 5.70. The van der Waals surface area contributed by atoms with Crippen LogP contribution in [0.25, 0.3) is 33.4 Å². The van der Waals surface area contributed by atoms with Crippen LogP contribution in [0, 0.1) is 0 Å². The summed E-state index contributed by atoms with van der Waals surface area (Å²) in [6.07, 6.45) is 5.73. The van der Waals surface area contributed by atoms with Crippen molar-refractivity contribution in [3.63, 3.8) is 0 Å². The number of nitrogens with zero attached hydrogens (tertiary/aromatic N) is 3. The Morgan fingerprint density at radius 2 is 1.52 bits per heavy atom. The van der Waals surface area contributed by atoms with Gasteiger partial charge in [0.25, 0.3) is 0 Å². The molecule has 0 saturated heterocycles. The minimum absolute atomic E-state index is 0.841. The highest BCUT2D eigenvalue weighted by molar-refractivity contribution is 7.19. The van der Waals surface area contributed by atoms with E-state index in [2.05, 4.69) is 21.0 Å². The number of aromatic nitrogens is 3. The summed E-state index contributed by atoms with van der Waals surface area (Å²) in [7, 11) is 0. The van der Waals surface area contributed by atoms with Crippen molar-refractivity contribution >= 4 is 44.7 Å². The van der Waals surface area contributed by atoms with Gasteiger partial charge in [0.05, 0.1) is 33.1 Å². The second-order valence-electron chi connectivity index (χ2n) is 4.64. The SMILES string of the molecule is C(=C\c1nc2ccccc2s1)/c1cnc2ccccc2n1. The quantitative estimate of drug-likeness (QED) is 0.548. The second kappa shape index (κ2) is 5.07. The molecule has 2 aromatic carbocycles. The summed E-state index contributed by atoms with van der Waals surface area (Å²) in [4.78, 5) is 13.6. The largest absolute Gasteiger partial charge is 0.252 e. The Morgan fingerprint density at radius 1 is 0.762 bits per heavy atom. The standard InChI is InChI=1S/C17H11N3S/c1-2-6-14-13(5-1)18-11-12(19-14)9-10-17-20-15-7-3-4-8-16(15)21-17/h1-11H/b10-9+. The van der Waals surface area contributed by atoms with Crippen LogP contribution in [0.2, 0.25) is 0 Å². The number of rotatable bonds is 2. The van der Waals surface area contributed by atoms with Crippen molar-refractivity contribution in [2.24, 2.45) is 0 Å². The lowest BCUT2D eigenvalue weighted by molar-refractivity contribution is 1.27. The zero-order valence-electron chi connectivity index (χ0n) is 11.1. The van der Waals surface area contributed by atoms with Crippen molar-refractivity contribution in [1.29, 1.82) is 0 Å². The fraction of sp³-hybridized carbons (Fsp3) is 0. The molecule has 0 N–H and O–H groups in total. The van der Waals surface area contributed by atoms with Gasteiger partial charge in [-0.15, -0.1) is 11.3 Å². The Kier molecular flexibility index (Phi) is 2.94. The van der Waals surface area contributed by atoms with Crippen molar-refractivity contribution < 1.29 is 0 Å². The molecule has 0 amide bonds. The van der Waals surface area contributed by atoms with E-state index in [1.807, 2.05) is 54.6 Å². The topological polar surface area (TPSA) is 38.7 Å². The van der Waals surface area contributed by atoms with E-state index in [1.165, 1.54) is 4.70 Å². The third-order valence-electron chi connectivity index (χ3n) is 3.17. The van der Waals surface area contributed by atoms with Crippen LogP contribution in [0.1, 0.15) is 10.7 Å². The molecule has 0 atom stereocenters. The van der Waals surface area contributed by atoms with E-state index in [9.17, 15) is 0 Å². The number of fused-ring (bicyclic) bond motifs is 2. The molecule has 21 heavy (non-hydrogen) atoms. The molecule has 100 valence electrons. The zero-order valence-corrected chi connectivity index (χ0v) is 11.9. The Morgan fingerprint density at radius 3 is 2.38 bits per heavy atom. The highest BCUT2D eigenvalue weighted by Crippen LogP contribution is 2.23. The van der Waals surface area contributed by atoms with E-state index in [0.29, 0.717) is 0 Å². The molecule has 0 bridgehead atoms. The minimum atomic E-state index is 0.841. The summed E-state index contributed by atoms with van der Waals surface area (Å²) in [5, 5.41) is 0.978. The van der Waals surface area contributed by atoms with Gasteiger partial charge in [-0.2, -0.15) is 0 Å². The van der Waals surface area contributed by atoms with Crippen LogP contribution in [-0.2, 0) is 0 Å². The van der Waals surface area contributed by atoms with Crippen LogP contribution >= 0.6 is 11.3 Å². The van der Waals surface area contributed by atoms with E-state index >= 15 is 0 Å². The molecule has 4 aromatic rings. The normalized spacial score (nSPS) is 11.6. The molecule has 0 aliphatic heterocycles. The predicted molar refractivity (Wildman–Crippen MR) is 88.1 cm³/mol. The Labute approximate surface area is 125 Å². The molecule has 0 unspecified atom stereocenters. The van der Waals surface area contributed by atoms with Gasteiger partial charge in [0.1, 0.15) is 5.01 Å². The van der Waals surface area contributed by atoms with Gasteiger partial charge >= 0.3 is 0 Å². The van der Waals surface area contributed by atoms with Crippen LogP contribution in [-0.4, -0.2) is 15.0 Å². The summed E-state index contributed by atoms with van der Waals surface area (Å²) >= 11 is 1.67. The van der Waals surface area contributed by atoms with E-state index in [-0.39, 0.29) is 0 Å². The first-order chi connectivity index (χ1) is 10.4. The molecule has 0 aliphatic rings. The molecule has 2 aromatic heterocycles. The van der Waals surface area contributed by atoms with Gasteiger partial charge in [-0.05, 0) is 36.4 Å². The van der Waals surface area contributed by atoms with Crippen LogP contribution in [0.5, 0.6) is 0 Å². The number of hydrogen-bond acceptors (Lipinski definition) is 4. The van der Waals surface area contributed by atoms with E-state index in [1.54, 1.807) is 17.5 Å². The lowest BCUT2D eigenvalue weighted by Gasteiger charge is -1.96. The summed E-state index contributed by atoms with van der Waals surface area (Å²) < 4.78 is 1.20. The molecule has 0 spiro atoms. The predicted octanol–water partition coefficient (Wildman–Crippen LogP) is 4.41. The van der Waals surface area contributed by atoms with Crippen LogP contribution in [0.4, 0.5) is 0 Å². The van der Waals surface area contributed by atoms with E-state index < -0.39 is 0 Å². The first-order valence-corrected chi connectivity index (χ1v) is 7.46. The molecule has 0 saturated carbocycles. The minimum Gasteiger partial charge on any atom is -0.252 e. The van der Waals surface area contributed by atoms with Gasteiger partial charge in [-0.1, -0.05) is 24.3 Å². The number of thiazole rings is 1. The van der Waals surface area contributed by atoms with Gasteiger partial charge in [-0.3, -0.25) is 4.98 Å². The Bertz CT molecular complexity index is 923. The molecule has 2 heterocycles. The van der Waals surface area contributed by atoms with Crippen molar-refractivity contribution in [2.75, 3.05) is 0 Å². The Hall–Kier alpha value is -2.59. The van der Waals surface area contributed by atoms with E-state index in [4.69, 9.17) is 0 Å². The molecule has 4 heteroatoms. The Balaban J connectivity index is 1.69. The smallest absolute Gasteiger partial charge is 0.117 e. The third kappa shape index (κ3) is 2.41. The number of hydrogen-bond donors (Lipinski definition) is 0. The van der Waals surface area contributed by atoms with Gasteiger partial charge in [0, 0.05) is 0 Å². The lowest BCUT2D eigenvalue weighted by atomic mass is 10.3. The number of para-hydroxylation sites is 3. The van der Waals surface area contributed by atoms with Gasteiger partial charge < -0.3 is 0 Å². The highest BCUT2D eigenvalue weighted by atomic mass is 32.1. The molecule has 3 nitrogen and oxygen atoms in total. The summed E-state index contributed by atoms with van der Waals surface area (Å²) in [6.45, 7) is 0. The van der Waals surface area contributed by atoms with Crippen molar-refractivity contribution in [3.05, 3.63) is 65.4 Å². The maximum atomic E-state index is 4.57. The van der Waals surface area contributed by atoms with Gasteiger partial charge in [0.2, 0.25) is 0 Å². The van der Waals surface area contributed by atoms with Crippen LogP contribution in [0.3, 0.4) is 0 Å². The summed E-state index contributed by atoms with van der Waals surface area (Å²) in [5.74, 6) is 0. The molecule has 0 aliphatic carbocycles. The average Bonchev–Trinajstić information content (AvgIpc) is 2.95. The molecule has 0 fully saturated rings. The van der Waals surface area contributed by atoms with Gasteiger partial charge in [-0.25, -0.2) is 9.97 Å².